The van der Waals surface area contributed by atoms with Crippen LogP contribution in [0.25, 0.3) is 0 Å². The van der Waals surface area contributed by atoms with E-state index in [0.29, 0.717) is 43.1 Å². The lowest BCUT2D eigenvalue weighted by Crippen LogP contribution is -2.37. The Labute approximate surface area is 373 Å². The number of phosphoric ester groups is 1. The quantitative estimate of drug-likeness (QED) is 0.0179. The molecule has 0 aliphatic heterocycles. The van der Waals surface area contributed by atoms with E-state index in [1.165, 1.54) is 19.3 Å². The van der Waals surface area contributed by atoms with Crippen LogP contribution in [0, 0.1) is 11.8 Å². The molecule has 0 spiro atoms. The summed E-state index contributed by atoms with van der Waals surface area (Å²) in [5.41, 5.74) is 0. The van der Waals surface area contributed by atoms with E-state index >= 15 is 0 Å². The van der Waals surface area contributed by atoms with Crippen molar-refractivity contribution < 1.29 is 62.2 Å². The number of carbonyl (C=O) groups is 3. The molecule has 1 unspecified atom stereocenters. The zero-order valence-electron chi connectivity index (χ0n) is 38.6. The number of Topliss-reactive ketones (excluding diaryl/α,β-unsaturated/α-hetero) is 1. The number of carbonyl (C=O) groups excluding carboxylic acids is 3. The minimum Gasteiger partial charge on any atom is -0.756 e. The summed E-state index contributed by atoms with van der Waals surface area (Å²) in [6.45, 7) is 3.57. The maximum absolute atomic E-state index is 12.9. The van der Waals surface area contributed by atoms with E-state index in [9.17, 15) is 39.2 Å². The van der Waals surface area contributed by atoms with Gasteiger partial charge in [0.1, 0.15) is 25.5 Å². The Kier molecular flexibility index (Phi) is 32.0. The van der Waals surface area contributed by atoms with E-state index in [1.807, 2.05) is 33.3 Å². The number of rotatable bonds is 37. The van der Waals surface area contributed by atoms with Gasteiger partial charge in [-0.1, -0.05) is 107 Å². The smallest absolute Gasteiger partial charge is 0.306 e. The highest BCUT2D eigenvalue weighted by atomic mass is 31.2. The molecular weight excluding hydrogens is 813 g/mol. The maximum Gasteiger partial charge on any atom is 0.306 e. The molecular formula is C48H82NO12P. The van der Waals surface area contributed by atoms with Gasteiger partial charge in [0.2, 0.25) is 0 Å². The molecule has 0 aromatic carbocycles. The van der Waals surface area contributed by atoms with Crippen LogP contribution in [0.15, 0.2) is 60.8 Å². The van der Waals surface area contributed by atoms with Gasteiger partial charge in [-0.05, 0) is 64.2 Å². The summed E-state index contributed by atoms with van der Waals surface area (Å²) in [7, 11) is 0.899. The van der Waals surface area contributed by atoms with Crippen molar-refractivity contribution in [3.63, 3.8) is 0 Å². The number of quaternary nitrogens is 1. The van der Waals surface area contributed by atoms with Gasteiger partial charge in [0.15, 0.2) is 6.10 Å². The third-order valence-electron chi connectivity index (χ3n) is 10.5. The number of ketones is 1. The fourth-order valence-corrected chi connectivity index (χ4v) is 7.49. The Bertz CT molecular complexity index is 1420. The van der Waals surface area contributed by atoms with Crippen molar-refractivity contribution >= 4 is 25.5 Å². The van der Waals surface area contributed by atoms with Gasteiger partial charge in [-0.25, -0.2) is 0 Å². The SMILES string of the molecule is CCCCC/C=C\C/C=C\C/C=C\C/C=C\CCCC(=O)OC[C@H](COP(=O)([O-])OCC[N+](C)(C)C)OC(=O)CCCCC(=O)C[C@@H]1[C@@H](/C=C/[C@@H](O)CCCCC)[C@H](O)C[C@@H]1O. The molecule has 1 rings (SSSR count). The molecule has 7 atom stereocenters. The first kappa shape index (κ1) is 57.3. The normalized spacial score (nSPS) is 20.5. The van der Waals surface area contributed by atoms with Crippen molar-refractivity contribution in [2.24, 2.45) is 11.8 Å². The van der Waals surface area contributed by atoms with Gasteiger partial charge < -0.3 is 43.2 Å². The van der Waals surface area contributed by atoms with Crippen molar-refractivity contribution in [1.82, 2.24) is 0 Å². The number of unbranched alkanes of at least 4 members (excludes halogenated alkanes) is 7. The number of allylic oxidation sites excluding steroid dienone is 8. The first-order valence-corrected chi connectivity index (χ1v) is 24.6. The predicted octanol–water partition coefficient (Wildman–Crippen LogP) is 8.17. The molecule has 14 heteroatoms. The number of phosphoric acid groups is 1. The number of aliphatic hydroxyl groups excluding tert-OH is 3. The molecule has 1 aliphatic carbocycles. The van der Waals surface area contributed by atoms with Crippen LogP contribution in [0.2, 0.25) is 0 Å². The highest BCUT2D eigenvalue weighted by Gasteiger charge is 2.41. The fraction of sp³-hybridized carbons (Fsp3) is 0.729. The second kappa shape index (κ2) is 34.6. The zero-order valence-corrected chi connectivity index (χ0v) is 39.5. The molecule has 1 aliphatic rings. The van der Waals surface area contributed by atoms with Gasteiger partial charge in [-0.15, -0.1) is 0 Å². The van der Waals surface area contributed by atoms with Gasteiger partial charge >= 0.3 is 11.9 Å². The third-order valence-corrected chi connectivity index (χ3v) is 11.5. The van der Waals surface area contributed by atoms with Crippen LogP contribution in [-0.4, -0.2) is 109 Å². The minimum absolute atomic E-state index is 0.0596. The second-order valence-corrected chi connectivity index (χ2v) is 18.8. The van der Waals surface area contributed by atoms with E-state index in [2.05, 4.69) is 50.3 Å². The van der Waals surface area contributed by atoms with Gasteiger partial charge in [0.25, 0.3) is 7.82 Å². The molecule has 1 saturated carbocycles. The molecule has 0 aromatic rings. The number of hydrogen-bond acceptors (Lipinski definition) is 12. The van der Waals surface area contributed by atoms with E-state index in [4.69, 9.17) is 18.5 Å². The van der Waals surface area contributed by atoms with Gasteiger partial charge in [0, 0.05) is 43.9 Å². The number of hydrogen-bond donors (Lipinski definition) is 3. The van der Waals surface area contributed by atoms with Crippen molar-refractivity contribution in [1.29, 1.82) is 0 Å². The summed E-state index contributed by atoms with van der Waals surface area (Å²) < 4.78 is 33.7. The Balaban J connectivity index is 2.56. The molecule has 0 amide bonds. The Hall–Kier alpha value is -2.74. The third kappa shape index (κ3) is 31.2. The number of ether oxygens (including phenoxy) is 2. The summed E-state index contributed by atoms with van der Waals surface area (Å²) >= 11 is 0. The number of esters is 2. The Morgan fingerprint density at radius 1 is 0.742 bits per heavy atom. The molecule has 0 bridgehead atoms. The van der Waals surface area contributed by atoms with Crippen LogP contribution in [0.3, 0.4) is 0 Å². The molecule has 13 nitrogen and oxygen atoms in total. The standard InChI is InChI=1S/C48H82NO12P/c1-6-8-10-11-12-13-14-15-16-17-18-19-20-21-22-23-25-30-47(54)58-38-42(39-60-62(56,57)59-35-34-49(3,4)5)61-48(55)31-27-26-29-41(51)36-44-43(45(52)37-46(44)53)33-32-40(50)28-24-9-7-2/h12-13,15-16,18-19,21-22,32-33,40,42-46,50,52-53H,6-11,14,17,20,23-31,34-39H2,1-5H3/b13-12-,16-15-,19-18-,22-21-,33-32+/t40-,42+,43+,44+,45+,46-/m0/s1. The molecule has 0 heterocycles. The fourth-order valence-electron chi connectivity index (χ4n) is 6.76. The van der Waals surface area contributed by atoms with Crippen molar-refractivity contribution in [2.75, 3.05) is 47.5 Å². The minimum atomic E-state index is -4.75. The molecule has 0 saturated heterocycles. The van der Waals surface area contributed by atoms with E-state index in [0.717, 1.165) is 44.9 Å². The van der Waals surface area contributed by atoms with Crippen LogP contribution >= 0.6 is 7.82 Å². The first-order chi connectivity index (χ1) is 29.6. The Morgan fingerprint density at radius 3 is 1.95 bits per heavy atom. The zero-order chi connectivity index (χ0) is 46.1. The summed E-state index contributed by atoms with van der Waals surface area (Å²) in [6, 6.07) is 0. The lowest BCUT2D eigenvalue weighted by molar-refractivity contribution is -0.870. The van der Waals surface area contributed by atoms with Crippen LogP contribution < -0.4 is 4.89 Å². The molecule has 62 heavy (non-hydrogen) atoms. The summed E-state index contributed by atoms with van der Waals surface area (Å²) in [6.07, 6.45) is 30.3. The lowest BCUT2D eigenvalue weighted by atomic mass is 9.87. The summed E-state index contributed by atoms with van der Waals surface area (Å²) in [5.74, 6) is -2.23. The van der Waals surface area contributed by atoms with E-state index < -0.39 is 69.2 Å². The largest absolute Gasteiger partial charge is 0.756 e. The predicted molar refractivity (Wildman–Crippen MR) is 243 cm³/mol. The monoisotopic (exact) mass is 896 g/mol. The highest BCUT2D eigenvalue weighted by molar-refractivity contribution is 7.45. The summed E-state index contributed by atoms with van der Waals surface area (Å²) in [4.78, 5) is 50.7. The van der Waals surface area contributed by atoms with Gasteiger partial charge in [0.05, 0.1) is 46.1 Å². The topological polar surface area (TPSA) is 189 Å². The van der Waals surface area contributed by atoms with Crippen molar-refractivity contribution in [3.8, 4) is 0 Å². The number of aliphatic hydroxyl groups is 3. The molecule has 0 radical (unpaired) electrons. The molecule has 3 N–H and O–H groups in total. The van der Waals surface area contributed by atoms with Crippen LogP contribution in [0.5, 0.6) is 0 Å². The highest BCUT2D eigenvalue weighted by Crippen LogP contribution is 2.39. The van der Waals surface area contributed by atoms with E-state index in [-0.39, 0.29) is 44.5 Å². The van der Waals surface area contributed by atoms with E-state index in [1.54, 1.807) is 12.2 Å². The second-order valence-electron chi connectivity index (χ2n) is 17.4. The van der Waals surface area contributed by atoms with Crippen molar-refractivity contribution in [3.05, 3.63) is 60.8 Å². The molecule has 1 fully saturated rings. The average molecular weight is 896 g/mol. The van der Waals surface area contributed by atoms with Crippen LogP contribution in [0.4, 0.5) is 0 Å². The first-order valence-electron chi connectivity index (χ1n) is 23.2. The van der Waals surface area contributed by atoms with Gasteiger partial charge in [-0.3, -0.25) is 18.9 Å². The van der Waals surface area contributed by atoms with Crippen LogP contribution in [-0.2, 0) is 37.5 Å². The van der Waals surface area contributed by atoms with Crippen LogP contribution in [0.1, 0.15) is 142 Å². The molecule has 356 valence electrons. The lowest BCUT2D eigenvalue weighted by Gasteiger charge is -2.28. The summed E-state index contributed by atoms with van der Waals surface area (Å²) in [5, 5.41) is 31.4. The van der Waals surface area contributed by atoms with Crippen molar-refractivity contribution in [2.45, 2.75) is 167 Å². The number of nitrogens with zero attached hydrogens (tertiary/aromatic N) is 1. The Morgan fingerprint density at radius 2 is 1.32 bits per heavy atom. The average Bonchev–Trinajstić information content (AvgIpc) is 3.47. The van der Waals surface area contributed by atoms with Gasteiger partial charge in [-0.2, -0.15) is 0 Å². The number of likely N-dealkylation sites (N-methyl/N-ethyl adjacent to an activating group) is 1. The maximum atomic E-state index is 12.9. The molecule has 0 aromatic heterocycles.